The highest BCUT2D eigenvalue weighted by atomic mass is 19.1. The molecule has 0 bridgehead atoms. The van der Waals surface area contributed by atoms with Crippen LogP contribution in [0.4, 0.5) is 8.78 Å². The number of carboxylic acids is 1. The molecular formula is C13H14F2O2. The summed E-state index contributed by atoms with van der Waals surface area (Å²) < 4.78 is 26.3. The fourth-order valence-electron chi connectivity index (χ4n) is 1.48. The minimum absolute atomic E-state index is 0.0788. The molecule has 92 valence electrons. The molecule has 0 atom stereocenters. The molecule has 0 amide bonds. The van der Waals surface area contributed by atoms with E-state index in [1.807, 2.05) is 0 Å². The summed E-state index contributed by atoms with van der Waals surface area (Å²) in [5.74, 6) is -1.81. The molecule has 2 nitrogen and oxygen atoms in total. The Kier molecular flexibility index (Phi) is 4.82. The van der Waals surface area contributed by atoms with Crippen LogP contribution in [-0.4, -0.2) is 11.1 Å². The number of allylic oxidation sites excluding steroid dienone is 2. The number of benzene rings is 1. The molecule has 0 fully saturated rings. The van der Waals surface area contributed by atoms with Crippen LogP contribution in [0, 0.1) is 11.6 Å². The van der Waals surface area contributed by atoms with Gasteiger partial charge in [0.15, 0.2) is 0 Å². The monoisotopic (exact) mass is 240 g/mol. The molecule has 0 aliphatic rings. The quantitative estimate of drug-likeness (QED) is 0.798. The Morgan fingerprint density at radius 2 is 2.12 bits per heavy atom. The molecule has 0 heterocycles. The van der Waals surface area contributed by atoms with Crippen molar-refractivity contribution in [1.82, 2.24) is 0 Å². The fourth-order valence-corrected chi connectivity index (χ4v) is 1.48. The number of rotatable bonds is 5. The zero-order chi connectivity index (χ0) is 12.8. The average molecular weight is 240 g/mol. The minimum atomic E-state index is -0.854. The zero-order valence-electron chi connectivity index (χ0n) is 9.54. The van der Waals surface area contributed by atoms with Gasteiger partial charge < -0.3 is 5.11 Å². The maximum atomic E-state index is 13.4. The second-order valence-electron chi connectivity index (χ2n) is 3.80. The summed E-state index contributed by atoms with van der Waals surface area (Å²) in [6, 6.07) is 3.29. The normalized spacial score (nSPS) is 11.6. The van der Waals surface area contributed by atoms with Crippen LogP contribution < -0.4 is 0 Å². The van der Waals surface area contributed by atoms with Crippen molar-refractivity contribution >= 4 is 11.5 Å². The van der Waals surface area contributed by atoms with Gasteiger partial charge >= 0.3 is 5.97 Å². The number of carboxylic acid groups (broad SMARTS) is 1. The molecule has 1 N–H and O–H groups in total. The number of aliphatic carboxylic acids is 1. The predicted octanol–water partition coefficient (Wildman–Crippen LogP) is 3.62. The van der Waals surface area contributed by atoms with Gasteiger partial charge in [-0.2, -0.15) is 0 Å². The molecule has 4 heteroatoms. The summed E-state index contributed by atoms with van der Waals surface area (Å²) in [5.41, 5.74) is 0.840. The Balaban J connectivity index is 2.68. The molecule has 1 aromatic rings. The number of carbonyl (C=O) groups is 1. The molecule has 0 saturated carbocycles. The lowest BCUT2D eigenvalue weighted by Gasteiger charge is -2.03. The average Bonchev–Trinajstić information content (AvgIpc) is 2.27. The van der Waals surface area contributed by atoms with E-state index in [0.717, 1.165) is 18.2 Å². The highest BCUT2D eigenvalue weighted by molar-refractivity contribution is 5.67. The molecule has 1 aromatic carbocycles. The molecule has 0 saturated heterocycles. The number of unbranched alkanes of at least 4 members (excludes halogenated alkanes) is 1. The van der Waals surface area contributed by atoms with Gasteiger partial charge in [0.1, 0.15) is 11.6 Å². The first-order valence-electron chi connectivity index (χ1n) is 5.34. The molecule has 0 radical (unpaired) electrons. The van der Waals surface area contributed by atoms with E-state index in [0.29, 0.717) is 18.4 Å². The van der Waals surface area contributed by atoms with Crippen molar-refractivity contribution in [2.24, 2.45) is 0 Å². The van der Waals surface area contributed by atoms with Crippen molar-refractivity contribution in [2.75, 3.05) is 0 Å². The van der Waals surface area contributed by atoms with Gasteiger partial charge in [-0.25, -0.2) is 8.78 Å². The van der Waals surface area contributed by atoms with Gasteiger partial charge in [0, 0.05) is 12.0 Å². The van der Waals surface area contributed by atoms with E-state index in [-0.39, 0.29) is 12.0 Å². The Morgan fingerprint density at radius 3 is 2.76 bits per heavy atom. The first-order chi connectivity index (χ1) is 8.00. The third-order valence-electron chi connectivity index (χ3n) is 2.40. The summed E-state index contributed by atoms with van der Waals surface area (Å²) in [4.78, 5) is 10.3. The van der Waals surface area contributed by atoms with E-state index < -0.39 is 17.6 Å². The molecule has 17 heavy (non-hydrogen) atoms. The predicted molar refractivity (Wildman–Crippen MR) is 61.5 cm³/mol. The summed E-state index contributed by atoms with van der Waals surface area (Å²) in [6.45, 7) is 1.68. The zero-order valence-corrected chi connectivity index (χ0v) is 9.54. The van der Waals surface area contributed by atoms with E-state index in [1.54, 1.807) is 13.0 Å². The summed E-state index contributed by atoms with van der Waals surface area (Å²) in [7, 11) is 0. The maximum absolute atomic E-state index is 13.4. The minimum Gasteiger partial charge on any atom is -0.481 e. The molecule has 0 aromatic heterocycles. The molecule has 0 aliphatic heterocycles. The first kappa shape index (κ1) is 13.4. The van der Waals surface area contributed by atoms with Crippen molar-refractivity contribution in [1.29, 1.82) is 0 Å². The van der Waals surface area contributed by atoms with Crippen molar-refractivity contribution < 1.29 is 18.7 Å². The maximum Gasteiger partial charge on any atom is 0.303 e. The molecular weight excluding hydrogens is 226 g/mol. The van der Waals surface area contributed by atoms with Gasteiger partial charge in [-0.05, 0) is 43.5 Å². The van der Waals surface area contributed by atoms with E-state index >= 15 is 0 Å². The Bertz CT molecular complexity index is 439. The van der Waals surface area contributed by atoms with Crippen molar-refractivity contribution in [3.63, 3.8) is 0 Å². The second kappa shape index (κ2) is 6.13. The van der Waals surface area contributed by atoms with Gasteiger partial charge in [-0.1, -0.05) is 6.08 Å². The van der Waals surface area contributed by atoms with Gasteiger partial charge in [0.25, 0.3) is 0 Å². The highest BCUT2D eigenvalue weighted by Gasteiger charge is 2.05. The molecule has 0 spiro atoms. The van der Waals surface area contributed by atoms with Crippen LogP contribution in [0.3, 0.4) is 0 Å². The molecule has 0 aliphatic carbocycles. The topological polar surface area (TPSA) is 37.3 Å². The molecule has 1 rings (SSSR count). The summed E-state index contributed by atoms with van der Waals surface area (Å²) >= 11 is 0. The van der Waals surface area contributed by atoms with Crippen LogP contribution in [0.15, 0.2) is 24.3 Å². The van der Waals surface area contributed by atoms with Gasteiger partial charge in [0.05, 0.1) is 0 Å². The van der Waals surface area contributed by atoms with Crippen LogP contribution in [0.2, 0.25) is 0 Å². The van der Waals surface area contributed by atoms with E-state index in [1.165, 1.54) is 0 Å². The lowest BCUT2D eigenvalue weighted by molar-refractivity contribution is -0.137. The third-order valence-corrected chi connectivity index (χ3v) is 2.40. The summed E-state index contributed by atoms with van der Waals surface area (Å²) in [5, 5.41) is 8.45. The van der Waals surface area contributed by atoms with Crippen LogP contribution in [0.5, 0.6) is 0 Å². The van der Waals surface area contributed by atoms with Crippen molar-refractivity contribution in [3.8, 4) is 0 Å². The van der Waals surface area contributed by atoms with Crippen molar-refractivity contribution in [3.05, 3.63) is 41.5 Å². The number of halogens is 2. The van der Waals surface area contributed by atoms with Crippen molar-refractivity contribution in [2.45, 2.75) is 26.2 Å². The lowest BCUT2D eigenvalue weighted by Crippen LogP contribution is -1.93. The van der Waals surface area contributed by atoms with Crippen LogP contribution in [0.25, 0.3) is 5.57 Å². The Hall–Kier alpha value is -1.71. The SMILES string of the molecule is C/C(=C\CCCC(=O)O)c1cc(F)ccc1F. The van der Waals surface area contributed by atoms with E-state index in [2.05, 4.69) is 0 Å². The smallest absolute Gasteiger partial charge is 0.303 e. The van der Waals surface area contributed by atoms with Crippen LogP contribution in [-0.2, 0) is 4.79 Å². The lowest BCUT2D eigenvalue weighted by atomic mass is 10.0. The largest absolute Gasteiger partial charge is 0.481 e. The van der Waals surface area contributed by atoms with E-state index in [9.17, 15) is 13.6 Å². The fraction of sp³-hybridized carbons (Fsp3) is 0.308. The number of hydrogen-bond acceptors (Lipinski definition) is 1. The Morgan fingerprint density at radius 1 is 1.41 bits per heavy atom. The van der Waals surface area contributed by atoms with Crippen LogP contribution in [0.1, 0.15) is 31.7 Å². The Labute approximate surface area is 98.6 Å². The van der Waals surface area contributed by atoms with Crippen LogP contribution >= 0.6 is 0 Å². The molecule has 0 unspecified atom stereocenters. The third kappa shape index (κ3) is 4.34. The van der Waals surface area contributed by atoms with E-state index in [4.69, 9.17) is 5.11 Å². The van der Waals surface area contributed by atoms with Gasteiger partial charge in [0.2, 0.25) is 0 Å². The first-order valence-corrected chi connectivity index (χ1v) is 5.34. The number of hydrogen-bond donors (Lipinski definition) is 1. The van der Waals surface area contributed by atoms with Gasteiger partial charge in [-0.3, -0.25) is 4.79 Å². The summed E-state index contributed by atoms with van der Waals surface area (Å²) in [6.07, 6.45) is 2.83. The second-order valence-corrected chi connectivity index (χ2v) is 3.80. The highest BCUT2D eigenvalue weighted by Crippen LogP contribution is 2.19. The van der Waals surface area contributed by atoms with Gasteiger partial charge in [-0.15, -0.1) is 0 Å². The standard InChI is InChI=1S/C13H14F2O2/c1-9(4-2-3-5-13(16)17)11-8-10(14)6-7-12(11)15/h4,6-8H,2-3,5H2,1H3,(H,16,17)/b9-4+.